The van der Waals surface area contributed by atoms with Crippen LogP contribution in [-0.2, 0) is 0 Å². The second-order valence-electron chi connectivity index (χ2n) is 6.11. The van der Waals surface area contributed by atoms with Crippen LogP contribution in [-0.4, -0.2) is 60.4 Å². The lowest BCUT2D eigenvalue weighted by molar-refractivity contribution is 0.312. The lowest BCUT2D eigenvalue weighted by Crippen LogP contribution is -2.44. The molecule has 25 heavy (non-hydrogen) atoms. The van der Waals surface area contributed by atoms with E-state index in [-0.39, 0.29) is 5.71 Å². The number of anilines is 2. The minimum absolute atomic E-state index is 0.275. The SMILES string of the molecule is CCOc1ccc(N)c(C(=N)c2cc(N3CCN(C)CC3)ncn2)c1. The molecule has 7 heteroatoms. The summed E-state index contributed by atoms with van der Waals surface area (Å²) in [6.07, 6.45) is 1.51. The van der Waals surface area contributed by atoms with E-state index in [1.165, 1.54) is 6.33 Å². The molecule has 1 aliphatic heterocycles. The van der Waals surface area contributed by atoms with Gasteiger partial charge >= 0.3 is 0 Å². The molecule has 1 saturated heterocycles. The lowest BCUT2D eigenvalue weighted by Gasteiger charge is -2.33. The van der Waals surface area contributed by atoms with Crippen molar-refractivity contribution in [2.45, 2.75) is 6.92 Å². The van der Waals surface area contributed by atoms with Gasteiger partial charge in [-0.05, 0) is 32.2 Å². The highest BCUT2D eigenvalue weighted by atomic mass is 16.5. The Hall–Kier alpha value is -2.67. The number of likely N-dealkylation sites (N-methyl/N-ethyl adjacent to an activating group) is 1. The van der Waals surface area contributed by atoms with Crippen molar-refractivity contribution in [3.8, 4) is 5.75 Å². The molecular formula is C18H24N6O. The van der Waals surface area contributed by atoms with Crippen molar-refractivity contribution >= 4 is 17.2 Å². The summed E-state index contributed by atoms with van der Waals surface area (Å²) in [4.78, 5) is 13.2. The van der Waals surface area contributed by atoms with Crippen LogP contribution in [0.15, 0.2) is 30.6 Å². The third-order valence-electron chi connectivity index (χ3n) is 4.34. The van der Waals surface area contributed by atoms with Crippen LogP contribution in [0.3, 0.4) is 0 Å². The molecule has 1 aromatic carbocycles. The van der Waals surface area contributed by atoms with E-state index >= 15 is 0 Å². The highest BCUT2D eigenvalue weighted by Crippen LogP contribution is 2.23. The van der Waals surface area contributed by atoms with Gasteiger partial charge in [0, 0.05) is 43.5 Å². The first-order chi connectivity index (χ1) is 12.1. The molecule has 3 rings (SSSR count). The molecular weight excluding hydrogens is 316 g/mol. The number of benzene rings is 1. The van der Waals surface area contributed by atoms with Crippen LogP contribution in [0.4, 0.5) is 11.5 Å². The summed E-state index contributed by atoms with van der Waals surface area (Å²) in [6, 6.07) is 7.22. The van der Waals surface area contributed by atoms with Crippen molar-refractivity contribution in [3.63, 3.8) is 0 Å². The molecule has 1 fully saturated rings. The Kier molecular flexibility index (Phi) is 5.14. The standard InChI is InChI=1S/C18H24N6O/c1-3-25-13-4-5-15(19)14(10-13)18(20)16-11-17(22-12-21-16)24-8-6-23(2)7-9-24/h4-5,10-12,20H,3,6-9,19H2,1-2H3. The number of hydrogen-bond acceptors (Lipinski definition) is 7. The summed E-state index contributed by atoms with van der Waals surface area (Å²) in [7, 11) is 2.12. The van der Waals surface area contributed by atoms with Crippen molar-refractivity contribution in [1.82, 2.24) is 14.9 Å². The van der Waals surface area contributed by atoms with Gasteiger partial charge in [-0.2, -0.15) is 0 Å². The summed E-state index contributed by atoms with van der Waals surface area (Å²) in [5.41, 5.74) is 8.05. The summed E-state index contributed by atoms with van der Waals surface area (Å²) >= 11 is 0. The first-order valence-electron chi connectivity index (χ1n) is 8.45. The van der Waals surface area contributed by atoms with E-state index in [9.17, 15) is 0 Å². The molecule has 0 saturated carbocycles. The molecule has 1 aromatic heterocycles. The van der Waals surface area contributed by atoms with Crippen LogP contribution < -0.4 is 15.4 Å². The summed E-state index contributed by atoms with van der Waals surface area (Å²) in [6.45, 7) is 6.33. The highest BCUT2D eigenvalue weighted by molar-refractivity contribution is 6.13. The number of nitrogen functional groups attached to an aromatic ring is 1. The molecule has 2 aromatic rings. The van der Waals surface area contributed by atoms with Crippen molar-refractivity contribution in [2.75, 3.05) is 50.5 Å². The van der Waals surface area contributed by atoms with E-state index in [1.807, 2.05) is 19.1 Å². The van der Waals surface area contributed by atoms with Crippen molar-refractivity contribution in [2.24, 2.45) is 0 Å². The third-order valence-corrected chi connectivity index (χ3v) is 4.34. The maximum absolute atomic E-state index is 8.53. The second kappa shape index (κ2) is 7.48. The number of nitrogens with one attached hydrogen (secondary N) is 1. The predicted octanol–water partition coefficient (Wildman–Crippen LogP) is 1.63. The van der Waals surface area contributed by atoms with Gasteiger partial charge < -0.3 is 20.3 Å². The van der Waals surface area contributed by atoms with E-state index in [0.717, 1.165) is 32.0 Å². The maximum atomic E-state index is 8.53. The van der Waals surface area contributed by atoms with Crippen LogP contribution in [0, 0.1) is 5.41 Å². The lowest BCUT2D eigenvalue weighted by atomic mass is 10.0. The van der Waals surface area contributed by atoms with Crippen LogP contribution >= 0.6 is 0 Å². The quantitative estimate of drug-likeness (QED) is 0.635. The molecule has 0 spiro atoms. The Balaban J connectivity index is 1.85. The number of ether oxygens (including phenoxy) is 1. The van der Waals surface area contributed by atoms with Gasteiger partial charge in [0.15, 0.2) is 0 Å². The molecule has 0 aliphatic carbocycles. The van der Waals surface area contributed by atoms with Gasteiger partial charge in [0.2, 0.25) is 0 Å². The van der Waals surface area contributed by atoms with Gasteiger partial charge in [-0.3, -0.25) is 5.41 Å². The predicted molar refractivity (Wildman–Crippen MR) is 99.7 cm³/mol. The largest absolute Gasteiger partial charge is 0.494 e. The average Bonchev–Trinajstić information content (AvgIpc) is 2.64. The number of nitrogens with zero attached hydrogens (tertiary/aromatic N) is 4. The van der Waals surface area contributed by atoms with Gasteiger partial charge in [-0.1, -0.05) is 0 Å². The van der Waals surface area contributed by atoms with Crippen LogP contribution in [0.25, 0.3) is 0 Å². The number of rotatable bonds is 5. The Morgan fingerprint density at radius 2 is 1.96 bits per heavy atom. The molecule has 0 radical (unpaired) electrons. The average molecular weight is 340 g/mol. The molecule has 2 heterocycles. The highest BCUT2D eigenvalue weighted by Gasteiger charge is 2.18. The summed E-state index contributed by atoms with van der Waals surface area (Å²) in [5, 5.41) is 8.53. The first kappa shape index (κ1) is 17.2. The summed E-state index contributed by atoms with van der Waals surface area (Å²) in [5.74, 6) is 1.55. The number of nitrogens with two attached hydrogens (primary N) is 1. The zero-order chi connectivity index (χ0) is 17.8. The Morgan fingerprint density at radius 3 is 2.68 bits per heavy atom. The van der Waals surface area contributed by atoms with E-state index in [1.54, 1.807) is 12.1 Å². The summed E-state index contributed by atoms with van der Waals surface area (Å²) < 4.78 is 5.52. The molecule has 132 valence electrons. The fraction of sp³-hybridized carbons (Fsp3) is 0.389. The fourth-order valence-corrected chi connectivity index (χ4v) is 2.84. The van der Waals surface area contributed by atoms with Gasteiger partial charge in [-0.15, -0.1) is 0 Å². The van der Waals surface area contributed by atoms with E-state index in [2.05, 4.69) is 26.8 Å². The van der Waals surface area contributed by atoms with Crippen molar-refractivity contribution < 1.29 is 4.74 Å². The van der Waals surface area contributed by atoms with Crippen LogP contribution in [0.5, 0.6) is 5.75 Å². The number of hydrogen-bond donors (Lipinski definition) is 2. The van der Waals surface area contributed by atoms with Crippen LogP contribution in [0.1, 0.15) is 18.2 Å². The van der Waals surface area contributed by atoms with E-state index < -0.39 is 0 Å². The molecule has 3 N–H and O–H groups in total. The van der Waals surface area contributed by atoms with Gasteiger partial charge in [-0.25, -0.2) is 9.97 Å². The van der Waals surface area contributed by atoms with Gasteiger partial charge in [0.05, 0.1) is 18.0 Å². The van der Waals surface area contributed by atoms with Gasteiger partial charge in [0.25, 0.3) is 0 Å². The maximum Gasteiger partial charge on any atom is 0.132 e. The Bertz CT molecular complexity index is 755. The minimum Gasteiger partial charge on any atom is -0.494 e. The van der Waals surface area contributed by atoms with E-state index in [0.29, 0.717) is 29.3 Å². The fourth-order valence-electron chi connectivity index (χ4n) is 2.84. The van der Waals surface area contributed by atoms with Crippen molar-refractivity contribution in [3.05, 3.63) is 41.9 Å². The smallest absolute Gasteiger partial charge is 0.132 e. The minimum atomic E-state index is 0.275. The van der Waals surface area contributed by atoms with Crippen molar-refractivity contribution in [1.29, 1.82) is 5.41 Å². The zero-order valence-corrected chi connectivity index (χ0v) is 14.7. The molecule has 0 amide bonds. The molecule has 0 unspecified atom stereocenters. The molecule has 0 bridgehead atoms. The Morgan fingerprint density at radius 1 is 1.20 bits per heavy atom. The normalized spacial score (nSPS) is 15.2. The number of piperazine rings is 1. The Labute approximate surface area is 147 Å². The molecule has 0 atom stereocenters. The zero-order valence-electron chi connectivity index (χ0n) is 14.7. The van der Waals surface area contributed by atoms with Crippen LogP contribution in [0.2, 0.25) is 0 Å². The molecule has 1 aliphatic rings. The third kappa shape index (κ3) is 3.88. The monoisotopic (exact) mass is 340 g/mol. The first-order valence-corrected chi connectivity index (χ1v) is 8.45. The topological polar surface area (TPSA) is 91.4 Å². The van der Waals surface area contributed by atoms with Gasteiger partial charge in [0.1, 0.15) is 17.9 Å². The molecule has 7 nitrogen and oxygen atoms in total. The number of aromatic nitrogens is 2. The van der Waals surface area contributed by atoms with E-state index in [4.69, 9.17) is 15.9 Å². The second-order valence-corrected chi connectivity index (χ2v) is 6.11.